The highest BCUT2D eigenvalue weighted by Crippen LogP contribution is 2.77. The fourth-order valence-corrected chi connectivity index (χ4v) is 14.0. The van der Waals surface area contributed by atoms with E-state index < -0.39 is 0 Å². The van der Waals surface area contributed by atoms with Gasteiger partial charge in [0.2, 0.25) is 0 Å². The van der Waals surface area contributed by atoms with Gasteiger partial charge in [0.15, 0.2) is 11.4 Å². The van der Waals surface area contributed by atoms with E-state index in [1.807, 2.05) is 12.1 Å². The van der Waals surface area contributed by atoms with Crippen molar-refractivity contribution in [2.75, 3.05) is 6.61 Å². The van der Waals surface area contributed by atoms with E-state index >= 15 is 0 Å². The van der Waals surface area contributed by atoms with Crippen molar-refractivity contribution in [1.29, 1.82) is 0 Å². The van der Waals surface area contributed by atoms with Crippen molar-refractivity contribution in [3.8, 4) is 0 Å². The third-order valence-corrected chi connectivity index (χ3v) is 16.6. The molecule has 5 aliphatic carbocycles. The zero-order valence-electron chi connectivity index (χ0n) is 28.8. The number of fused-ring (bicyclic) bond motifs is 6. The van der Waals surface area contributed by atoms with Gasteiger partial charge in [-0.05, 0) is 120 Å². The van der Waals surface area contributed by atoms with Crippen LogP contribution in [0.4, 0.5) is 0 Å². The Balaban J connectivity index is 0.00000325. The summed E-state index contributed by atoms with van der Waals surface area (Å²) in [6.07, 6.45) is 12.5. The van der Waals surface area contributed by atoms with Crippen molar-refractivity contribution in [3.63, 3.8) is 0 Å². The fraction of sp³-hybridized carbons (Fsp3) is 0.789. The second-order valence-corrected chi connectivity index (χ2v) is 19.2. The summed E-state index contributed by atoms with van der Waals surface area (Å²) in [5.74, 6) is 2.90. The maximum atomic E-state index is 6.81. The molecule has 45 heavy (non-hydrogen) atoms. The minimum atomic E-state index is 0. The van der Waals surface area contributed by atoms with Crippen molar-refractivity contribution < 1.29 is 33.4 Å². The molecule has 0 radical (unpaired) electrons. The van der Waals surface area contributed by atoms with Crippen LogP contribution in [0.1, 0.15) is 117 Å². The third-order valence-electron chi connectivity index (χ3n) is 15.9. The largest absolute Gasteiger partial charge is 1.00 e. The summed E-state index contributed by atoms with van der Waals surface area (Å²) in [6, 6.07) is 6.00. The lowest BCUT2D eigenvalue weighted by molar-refractivity contribution is -0.757. The first-order valence-electron chi connectivity index (χ1n) is 17.6. The van der Waals surface area contributed by atoms with E-state index in [1.165, 1.54) is 62.8 Å². The van der Waals surface area contributed by atoms with Gasteiger partial charge in [0.05, 0.1) is 28.0 Å². The predicted molar refractivity (Wildman–Crippen MR) is 177 cm³/mol. The first kappa shape index (κ1) is 33.1. The highest BCUT2D eigenvalue weighted by Gasteiger charge is 2.73. The van der Waals surface area contributed by atoms with Gasteiger partial charge >= 0.3 is 0 Å². The van der Waals surface area contributed by atoms with E-state index in [0.717, 1.165) is 42.9 Å². The van der Waals surface area contributed by atoms with Gasteiger partial charge in [0, 0.05) is 11.8 Å². The molecule has 0 unspecified atom stereocenters. The van der Waals surface area contributed by atoms with Crippen LogP contribution in [-0.4, -0.2) is 22.6 Å². The van der Waals surface area contributed by atoms with Crippen molar-refractivity contribution in [3.05, 3.63) is 45.2 Å². The Kier molecular flexibility index (Phi) is 7.60. The molecule has 1 saturated heterocycles. The molecule has 8 rings (SSSR count). The number of hydrogen-bond donors (Lipinski definition) is 0. The van der Waals surface area contributed by atoms with Crippen molar-refractivity contribution >= 4 is 23.2 Å². The number of aromatic nitrogens is 3. The average Bonchev–Trinajstić information content (AvgIpc) is 3.44. The number of halogens is 3. The maximum absolute atomic E-state index is 6.81. The summed E-state index contributed by atoms with van der Waals surface area (Å²) >= 11 is 12.7. The monoisotopic (exact) mass is 765 g/mol. The molecule has 9 atom stereocenters. The van der Waals surface area contributed by atoms with Crippen molar-refractivity contribution in [2.45, 2.75) is 124 Å². The summed E-state index contributed by atoms with van der Waals surface area (Å²) in [5, 5.41) is 6.37. The van der Waals surface area contributed by atoms with Crippen molar-refractivity contribution in [2.24, 2.45) is 57.8 Å². The normalized spacial score (nSPS) is 43.6. The Bertz CT molecular complexity index is 1540. The van der Waals surface area contributed by atoms with Gasteiger partial charge in [-0.3, -0.25) is 0 Å². The molecule has 0 spiro atoms. The Morgan fingerprint density at radius 2 is 1.62 bits per heavy atom. The average molecular weight is 767 g/mol. The van der Waals surface area contributed by atoms with E-state index in [9.17, 15) is 0 Å². The molecular weight excluding hydrogens is 712 g/mol. The summed E-state index contributed by atoms with van der Waals surface area (Å²) in [4.78, 5) is 0. The van der Waals surface area contributed by atoms with Crippen LogP contribution in [0, 0.1) is 50.7 Å². The second kappa shape index (κ2) is 10.3. The number of nitrogens with zero attached hydrogens (tertiary/aromatic N) is 3. The predicted octanol–water partition coefficient (Wildman–Crippen LogP) is 5.97. The Morgan fingerprint density at radius 3 is 2.36 bits per heavy atom. The quantitative estimate of drug-likeness (QED) is 0.279. The summed E-state index contributed by atoms with van der Waals surface area (Å²) < 4.78 is 11.3. The van der Waals surface area contributed by atoms with Crippen LogP contribution in [0.15, 0.2) is 18.2 Å². The van der Waals surface area contributed by atoms with Crippen LogP contribution in [0.25, 0.3) is 0 Å². The summed E-state index contributed by atoms with van der Waals surface area (Å²) in [6.45, 7) is 20.0. The zero-order valence-corrected chi connectivity index (χ0v) is 32.5. The molecule has 0 N–H and O–H groups in total. The molecule has 1 aliphatic heterocycles. The van der Waals surface area contributed by atoms with Gasteiger partial charge in [0.1, 0.15) is 13.6 Å². The second-order valence-electron chi connectivity index (χ2n) is 18.4. The molecule has 6 aliphatic rings. The minimum absolute atomic E-state index is 0. The SMILES string of the molecule is Cn1n[n+](Cc2ccc(Cl)c(Cl)c2)c2c1C[C@]1(C)[C@H]3CC[C@@H]4[C@H]5[C@H]6OC[C@@]5(CCC6(C)C)CC[C@@]4(C)[C@]3(C)CC[C@H]1C2(C)C.[I-]. The Morgan fingerprint density at radius 1 is 0.889 bits per heavy atom. The number of rotatable bonds is 2. The molecule has 2 aromatic rings. The number of benzene rings is 1. The molecule has 4 nitrogen and oxygen atoms in total. The van der Waals surface area contributed by atoms with Gasteiger partial charge in [-0.15, -0.1) is 9.36 Å². The van der Waals surface area contributed by atoms with Crippen LogP contribution in [-0.2, 0) is 30.2 Å². The first-order chi connectivity index (χ1) is 20.6. The molecule has 1 aromatic heterocycles. The standard InChI is InChI=1S/C38H54Cl2N3O.HI/c1-33(2)15-17-38-18-16-36(6)24(30(38)32(33)44-22-38)10-12-29-35(5)20-27-31(34(3,4)28(35)13-14-37(29,36)7)43(41-42(27)8)21-23-9-11-25(39)26(40)19-23;/h9,11,19,24,28-30,32H,10,12-18,20-22H2,1-8H3;1H/q+1;/p-1/t24-,28+,29-,30+,32-,35+,36-,37-,38-;/m1./s1. The van der Waals surface area contributed by atoms with Gasteiger partial charge in [-0.25, -0.2) is 0 Å². The number of hydrogen-bond acceptors (Lipinski definition) is 2. The van der Waals surface area contributed by atoms with Crippen LogP contribution in [0.3, 0.4) is 0 Å². The highest BCUT2D eigenvalue weighted by molar-refractivity contribution is 6.42. The minimum Gasteiger partial charge on any atom is -1.00 e. The van der Waals surface area contributed by atoms with Crippen LogP contribution < -0.4 is 28.7 Å². The summed E-state index contributed by atoms with van der Waals surface area (Å²) in [7, 11) is 2.17. The van der Waals surface area contributed by atoms with E-state index in [-0.39, 0.29) is 34.8 Å². The van der Waals surface area contributed by atoms with Crippen LogP contribution in [0.5, 0.6) is 0 Å². The fourth-order valence-electron chi connectivity index (χ4n) is 13.7. The smallest absolute Gasteiger partial charge is 0.177 e. The zero-order chi connectivity index (χ0) is 31.2. The Hall–Kier alpha value is -0.370. The molecule has 1 aromatic carbocycles. The molecule has 4 saturated carbocycles. The van der Waals surface area contributed by atoms with Crippen LogP contribution >= 0.6 is 23.2 Å². The van der Waals surface area contributed by atoms with Crippen LogP contribution in [0.2, 0.25) is 10.0 Å². The van der Waals surface area contributed by atoms with E-state index in [2.05, 4.69) is 70.9 Å². The van der Waals surface area contributed by atoms with E-state index in [0.29, 0.717) is 43.7 Å². The number of aryl methyl sites for hydroxylation is 1. The van der Waals surface area contributed by atoms with Gasteiger partial charge < -0.3 is 28.7 Å². The maximum Gasteiger partial charge on any atom is 0.177 e. The molecular formula is C38H54Cl2IN3O. The van der Waals surface area contributed by atoms with E-state index in [1.54, 1.807) is 0 Å². The van der Waals surface area contributed by atoms with Crippen molar-refractivity contribution in [1.82, 2.24) is 9.90 Å². The molecule has 248 valence electrons. The molecule has 2 bridgehead atoms. The third kappa shape index (κ3) is 4.23. The molecule has 7 heteroatoms. The number of ether oxygens (including phenoxy) is 1. The topological polar surface area (TPSA) is 30.9 Å². The lowest BCUT2D eigenvalue weighted by Crippen LogP contribution is -3.00. The van der Waals surface area contributed by atoms with Gasteiger partial charge in [-0.1, -0.05) is 77.7 Å². The first-order valence-corrected chi connectivity index (χ1v) is 18.4. The summed E-state index contributed by atoms with van der Waals surface area (Å²) in [5.41, 5.74) is 5.78. The molecule has 5 fully saturated rings. The van der Waals surface area contributed by atoms with E-state index in [4.69, 9.17) is 33.2 Å². The Labute approximate surface area is 298 Å². The molecule has 2 heterocycles. The lowest BCUT2D eigenvalue weighted by Gasteiger charge is -2.72. The highest BCUT2D eigenvalue weighted by atomic mass is 127. The molecule has 0 amide bonds. The van der Waals surface area contributed by atoms with Gasteiger partial charge in [-0.2, -0.15) is 0 Å². The van der Waals surface area contributed by atoms with Gasteiger partial charge in [0.25, 0.3) is 0 Å². The lowest BCUT2D eigenvalue weighted by atomic mass is 9.31.